The van der Waals surface area contributed by atoms with Crippen molar-refractivity contribution in [2.75, 3.05) is 32.5 Å². The molecule has 0 spiro atoms. The minimum absolute atomic E-state index is 0.117. The fourth-order valence-corrected chi connectivity index (χ4v) is 2.19. The SMILES string of the molecule is CN(C)CCCNC(=O)c1ccnc(C(=O)Nc2c(F)cccc2F)c1. The van der Waals surface area contributed by atoms with Gasteiger partial charge >= 0.3 is 0 Å². The highest BCUT2D eigenvalue weighted by Gasteiger charge is 2.16. The number of anilines is 1. The van der Waals surface area contributed by atoms with Gasteiger partial charge in [0, 0.05) is 18.3 Å². The zero-order chi connectivity index (χ0) is 19.1. The third-order valence-corrected chi connectivity index (χ3v) is 3.52. The summed E-state index contributed by atoms with van der Waals surface area (Å²) in [5.41, 5.74) is -0.435. The van der Waals surface area contributed by atoms with Gasteiger partial charge in [-0.3, -0.25) is 14.6 Å². The molecule has 2 aromatic rings. The minimum Gasteiger partial charge on any atom is -0.352 e. The minimum atomic E-state index is -0.895. The molecule has 1 heterocycles. The lowest BCUT2D eigenvalue weighted by molar-refractivity contribution is 0.0952. The van der Waals surface area contributed by atoms with Gasteiger partial charge in [-0.2, -0.15) is 0 Å². The van der Waals surface area contributed by atoms with E-state index in [9.17, 15) is 18.4 Å². The van der Waals surface area contributed by atoms with Crippen LogP contribution in [0.5, 0.6) is 0 Å². The van der Waals surface area contributed by atoms with Gasteiger partial charge in [-0.25, -0.2) is 8.78 Å². The van der Waals surface area contributed by atoms with Crippen molar-refractivity contribution in [2.45, 2.75) is 6.42 Å². The first-order chi connectivity index (χ1) is 12.4. The lowest BCUT2D eigenvalue weighted by Gasteiger charge is -2.10. The lowest BCUT2D eigenvalue weighted by Crippen LogP contribution is -2.27. The second-order valence-electron chi connectivity index (χ2n) is 5.89. The summed E-state index contributed by atoms with van der Waals surface area (Å²) < 4.78 is 27.2. The summed E-state index contributed by atoms with van der Waals surface area (Å²) >= 11 is 0. The number of nitrogens with one attached hydrogen (secondary N) is 2. The van der Waals surface area contributed by atoms with Crippen molar-refractivity contribution >= 4 is 17.5 Å². The van der Waals surface area contributed by atoms with E-state index in [0.29, 0.717) is 6.54 Å². The molecule has 8 heteroatoms. The predicted octanol–water partition coefficient (Wildman–Crippen LogP) is 2.29. The number of halogens is 2. The normalized spacial score (nSPS) is 10.7. The Morgan fingerprint density at radius 1 is 1.12 bits per heavy atom. The molecule has 0 aliphatic heterocycles. The maximum atomic E-state index is 13.6. The summed E-state index contributed by atoms with van der Waals surface area (Å²) in [5, 5.41) is 4.88. The topological polar surface area (TPSA) is 74.3 Å². The van der Waals surface area contributed by atoms with E-state index >= 15 is 0 Å². The van der Waals surface area contributed by atoms with Gasteiger partial charge in [0.25, 0.3) is 11.8 Å². The summed E-state index contributed by atoms with van der Waals surface area (Å²) in [7, 11) is 3.88. The summed E-state index contributed by atoms with van der Waals surface area (Å²) in [4.78, 5) is 30.2. The molecule has 2 amide bonds. The Labute approximate surface area is 150 Å². The van der Waals surface area contributed by atoms with Crippen LogP contribution >= 0.6 is 0 Å². The standard InChI is InChI=1S/C18H20F2N4O2/c1-24(2)10-4-8-22-17(25)12-7-9-21-15(11-12)18(26)23-16-13(19)5-3-6-14(16)20/h3,5-7,9,11H,4,8,10H2,1-2H3,(H,22,25)(H,23,26). The van der Waals surface area contributed by atoms with Crippen LogP contribution in [0.15, 0.2) is 36.5 Å². The van der Waals surface area contributed by atoms with Gasteiger partial charge in [0.05, 0.1) is 0 Å². The van der Waals surface area contributed by atoms with E-state index < -0.39 is 23.2 Å². The van der Waals surface area contributed by atoms with Crippen LogP contribution in [0.25, 0.3) is 0 Å². The number of aromatic nitrogens is 1. The average Bonchev–Trinajstić information content (AvgIpc) is 2.61. The van der Waals surface area contributed by atoms with Gasteiger partial charge in [-0.05, 0) is 51.3 Å². The molecule has 0 radical (unpaired) electrons. The van der Waals surface area contributed by atoms with Gasteiger partial charge < -0.3 is 15.5 Å². The molecule has 0 atom stereocenters. The number of carbonyl (C=O) groups is 2. The third kappa shape index (κ3) is 5.32. The molecule has 0 bridgehead atoms. The Morgan fingerprint density at radius 3 is 2.46 bits per heavy atom. The van der Waals surface area contributed by atoms with Crippen molar-refractivity contribution < 1.29 is 18.4 Å². The first-order valence-electron chi connectivity index (χ1n) is 8.03. The number of pyridine rings is 1. The van der Waals surface area contributed by atoms with Gasteiger partial charge in [-0.1, -0.05) is 6.07 Å². The van der Waals surface area contributed by atoms with Crippen molar-refractivity contribution in [3.05, 3.63) is 59.4 Å². The van der Waals surface area contributed by atoms with Crippen molar-refractivity contribution in [1.82, 2.24) is 15.2 Å². The molecular weight excluding hydrogens is 342 g/mol. The Morgan fingerprint density at radius 2 is 1.81 bits per heavy atom. The molecule has 0 aliphatic carbocycles. The van der Waals surface area contributed by atoms with E-state index in [-0.39, 0.29) is 17.2 Å². The number of carbonyl (C=O) groups excluding carboxylic acids is 2. The van der Waals surface area contributed by atoms with Crippen LogP contribution in [0.2, 0.25) is 0 Å². The molecule has 0 aliphatic rings. The highest BCUT2D eigenvalue weighted by molar-refractivity contribution is 6.04. The van der Waals surface area contributed by atoms with Gasteiger partial charge in [-0.15, -0.1) is 0 Å². The number of nitrogens with zero attached hydrogens (tertiary/aromatic N) is 2. The number of hydrogen-bond donors (Lipinski definition) is 2. The van der Waals surface area contributed by atoms with Crippen molar-refractivity contribution in [3.63, 3.8) is 0 Å². The molecule has 0 unspecified atom stereocenters. The van der Waals surface area contributed by atoms with Gasteiger partial charge in [0.2, 0.25) is 0 Å². The van der Waals surface area contributed by atoms with E-state index in [2.05, 4.69) is 15.6 Å². The molecule has 1 aromatic carbocycles. The second-order valence-corrected chi connectivity index (χ2v) is 5.89. The van der Waals surface area contributed by atoms with Crippen LogP contribution in [0, 0.1) is 11.6 Å². The lowest BCUT2D eigenvalue weighted by atomic mass is 10.2. The monoisotopic (exact) mass is 362 g/mol. The zero-order valence-corrected chi connectivity index (χ0v) is 14.6. The van der Waals surface area contributed by atoms with Crippen LogP contribution in [-0.4, -0.2) is 48.9 Å². The van der Waals surface area contributed by atoms with Crippen molar-refractivity contribution in [2.24, 2.45) is 0 Å². The molecule has 6 nitrogen and oxygen atoms in total. The summed E-state index contributed by atoms with van der Waals surface area (Å²) in [6, 6.07) is 5.99. The number of amides is 2. The van der Waals surface area contributed by atoms with E-state index in [0.717, 1.165) is 25.1 Å². The number of benzene rings is 1. The van der Waals surface area contributed by atoms with Crippen LogP contribution < -0.4 is 10.6 Å². The average molecular weight is 362 g/mol. The number of hydrogen-bond acceptors (Lipinski definition) is 4. The highest BCUT2D eigenvalue weighted by atomic mass is 19.1. The quantitative estimate of drug-likeness (QED) is 0.741. The molecular formula is C18H20F2N4O2. The van der Waals surface area contributed by atoms with E-state index in [1.807, 2.05) is 19.0 Å². The second kappa shape index (κ2) is 9.00. The first kappa shape index (κ1) is 19.5. The largest absolute Gasteiger partial charge is 0.352 e. The number of rotatable bonds is 7. The van der Waals surface area contributed by atoms with Crippen LogP contribution in [0.1, 0.15) is 27.3 Å². The van der Waals surface area contributed by atoms with E-state index in [4.69, 9.17) is 0 Å². The maximum Gasteiger partial charge on any atom is 0.274 e. The summed E-state index contributed by atoms with van der Waals surface area (Å²) in [5.74, 6) is -2.95. The fraction of sp³-hybridized carbons (Fsp3) is 0.278. The van der Waals surface area contributed by atoms with Gasteiger partial charge in [0.15, 0.2) is 0 Å². The molecule has 138 valence electrons. The van der Waals surface area contributed by atoms with Crippen molar-refractivity contribution in [1.29, 1.82) is 0 Å². The fourth-order valence-electron chi connectivity index (χ4n) is 2.19. The molecule has 0 saturated carbocycles. The Hall–Kier alpha value is -2.87. The molecule has 0 fully saturated rings. The Kier molecular flexibility index (Phi) is 6.74. The van der Waals surface area contributed by atoms with Crippen molar-refractivity contribution in [3.8, 4) is 0 Å². The molecule has 26 heavy (non-hydrogen) atoms. The number of para-hydroxylation sites is 1. The van der Waals surface area contributed by atoms with Gasteiger partial charge in [0.1, 0.15) is 23.0 Å². The Bertz CT molecular complexity index is 776. The third-order valence-electron chi connectivity index (χ3n) is 3.52. The first-order valence-corrected chi connectivity index (χ1v) is 8.03. The molecule has 2 rings (SSSR count). The maximum absolute atomic E-state index is 13.6. The molecule has 2 N–H and O–H groups in total. The molecule has 0 saturated heterocycles. The van der Waals surface area contributed by atoms with E-state index in [1.165, 1.54) is 24.4 Å². The predicted molar refractivity (Wildman–Crippen MR) is 94.1 cm³/mol. The van der Waals surface area contributed by atoms with Crippen LogP contribution in [0.3, 0.4) is 0 Å². The summed E-state index contributed by atoms with van der Waals surface area (Å²) in [6.45, 7) is 1.32. The Balaban J connectivity index is 2.03. The van der Waals surface area contributed by atoms with Crippen LogP contribution in [0.4, 0.5) is 14.5 Å². The smallest absolute Gasteiger partial charge is 0.274 e. The molecule has 1 aromatic heterocycles. The summed E-state index contributed by atoms with van der Waals surface area (Å²) in [6.07, 6.45) is 2.07. The zero-order valence-electron chi connectivity index (χ0n) is 14.6. The van der Waals surface area contributed by atoms with E-state index in [1.54, 1.807) is 0 Å². The highest BCUT2D eigenvalue weighted by Crippen LogP contribution is 2.18. The van der Waals surface area contributed by atoms with Crippen LogP contribution in [-0.2, 0) is 0 Å².